The first-order valence-electron chi connectivity index (χ1n) is 6.53. The minimum Gasteiger partial charge on any atom is -0.386 e. The van der Waals surface area contributed by atoms with Gasteiger partial charge in [-0.25, -0.2) is 15.0 Å². The summed E-state index contributed by atoms with van der Waals surface area (Å²) < 4.78 is 2.01. The zero-order valence-corrected chi connectivity index (χ0v) is 11.5. The lowest BCUT2D eigenvalue weighted by atomic mass is 10.1. The molecule has 0 spiro atoms. The van der Waals surface area contributed by atoms with Crippen LogP contribution in [0.3, 0.4) is 0 Å². The van der Waals surface area contributed by atoms with Crippen molar-refractivity contribution in [1.82, 2.24) is 19.5 Å². The molecule has 2 aromatic heterocycles. The molecule has 1 unspecified atom stereocenters. The fourth-order valence-electron chi connectivity index (χ4n) is 2.32. The van der Waals surface area contributed by atoms with Gasteiger partial charge in [-0.1, -0.05) is 12.1 Å². The third kappa shape index (κ3) is 2.28. The standard InChI is InChI=1S/C15H16N4O/c1-10-16-8-7-12(17-10)14(20)9-15-18-11-5-3-4-6-13(11)19(15)2/h3-8,14,20H,9H2,1-2H3. The van der Waals surface area contributed by atoms with Gasteiger partial charge in [0.2, 0.25) is 0 Å². The average molecular weight is 268 g/mol. The van der Waals surface area contributed by atoms with Gasteiger partial charge in [0.25, 0.3) is 0 Å². The van der Waals surface area contributed by atoms with Crippen molar-refractivity contribution in [3.05, 3.63) is 53.9 Å². The van der Waals surface area contributed by atoms with Crippen molar-refractivity contribution in [2.24, 2.45) is 7.05 Å². The topological polar surface area (TPSA) is 63.8 Å². The first-order chi connectivity index (χ1) is 9.65. The van der Waals surface area contributed by atoms with Gasteiger partial charge in [-0.2, -0.15) is 0 Å². The van der Waals surface area contributed by atoms with Crippen molar-refractivity contribution in [3.63, 3.8) is 0 Å². The molecule has 0 aliphatic carbocycles. The lowest BCUT2D eigenvalue weighted by molar-refractivity contribution is 0.170. The second-order valence-corrected chi connectivity index (χ2v) is 4.82. The maximum absolute atomic E-state index is 10.3. The van der Waals surface area contributed by atoms with Crippen molar-refractivity contribution in [1.29, 1.82) is 0 Å². The zero-order chi connectivity index (χ0) is 14.1. The highest BCUT2D eigenvalue weighted by atomic mass is 16.3. The Labute approximate surface area is 117 Å². The molecule has 0 fully saturated rings. The summed E-state index contributed by atoms with van der Waals surface area (Å²) in [5.41, 5.74) is 2.63. The van der Waals surface area contributed by atoms with E-state index in [1.54, 1.807) is 12.3 Å². The Morgan fingerprint density at radius 2 is 2.00 bits per heavy atom. The molecule has 3 rings (SSSR count). The number of imidazole rings is 1. The van der Waals surface area contributed by atoms with E-state index in [0.717, 1.165) is 16.9 Å². The summed E-state index contributed by atoms with van der Waals surface area (Å²) in [5.74, 6) is 1.50. The maximum atomic E-state index is 10.3. The first-order valence-corrected chi connectivity index (χ1v) is 6.53. The number of hydrogen-bond acceptors (Lipinski definition) is 4. The number of hydrogen-bond donors (Lipinski definition) is 1. The van der Waals surface area contributed by atoms with Crippen molar-refractivity contribution >= 4 is 11.0 Å². The van der Waals surface area contributed by atoms with Crippen molar-refractivity contribution < 1.29 is 5.11 Å². The number of para-hydroxylation sites is 2. The molecule has 0 aliphatic heterocycles. The van der Waals surface area contributed by atoms with E-state index in [4.69, 9.17) is 0 Å². The number of aryl methyl sites for hydroxylation is 2. The number of fused-ring (bicyclic) bond motifs is 1. The van der Waals surface area contributed by atoms with Crippen molar-refractivity contribution in [2.75, 3.05) is 0 Å². The van der Waals surface area contributed by atoms with E-state index in [-0.39, 0.29) is 0 Å². The van der Waals surface area contributed by atoms with Crippen LogP contribution < -0.4 is 0 Å². The van der Waals surface area contributed by atoms with Gasteiger partial charge in [0.05, 0.1) is 16.7 Å². The van der Waals surface area contributed by atoms with Gasteiger partial charge in [-0.15, -0.1) is 0 Å². The number of aliphatic hydroxyl groups excluding tert-OH is 1. The third-order valence-corrected chi connectivity index (χ3v) is 3.39. The van der Waals surface area contributed by atoms with E-state index in [1.165, 1.54) is 0 Å². The summed E-state index contributed by atoms with van der Waals surface area (Å²) in [5, 5.41) is 10.3. The molecule has 1 aromatic carbocycles. The van der Waals surface area contributed by atoms with Gasteiger partial charge in [0.1, 0.15) is 17.8 Å². The molecule has 5 nitrogen and oxygen atoms in total. The molecule has 0 saturated heterocycles. The largest absolute Gasteiger partial charge is 0.386 e. The van der Waals surface area contributed by atoms with Crippen LogP contribution in [0.4, 0.5) is 0 Å². The fraction of sp³-hybridized carbons (Fsp3) is 0.267. The highest BCUT2D eigenvalue weighted by Crippen LogP contribution is 2.19. The first kappa shape index (κ1) is 12.7. The Balaban J connectivity index is 1.91. The summed E-state index contributed by atoms with van der Waals surface area (Å²) in [6, 6.07) is 9.68. The van der Waals surface area contributed by atoms with Crippen molar-refractivity contribution in [2.45, 2.75) is 19.4 Å². The second kappa shape index (κ2) is 5.02. The zero-order valence-electron chi connectivity index (χ0n) is 11.5. The molecule has 102 valence electrons. The summed E-state index contributed by atoms with van der Waals surface area (Å²) >= 11 is 0. The highest BCUT2D eigenvalue weighted by Gasteiger charge is 2.15. The Morgan fingerprint density at radius 1 is 1.20 bits per heavy atom. The highest BCUT2D eigenvalue weighted by molar-refractivity contribution is 5.75. The molecule has 0 bridgehead atoms. The van der Waals surface area contributed by atoms with Crippen LogP contribution in [0.5, 0.6) is 0 Å². The van der Waals surface area contributed by atoms with Crippen LogP contribution in [0.2, 0.25) is 0 Å². The van der Waals surface area contributed by atoms with E-state index in [9.17, 15) is 5.11 Å². The molecule has 3 aromatic rings. The molecule has 20 heavy (non-hydrogen) atoms. The minimum absolute atomic E-state index is 0.432. The number of rotatable bonds is 3. The van der Waals surface area contributed by atoms with Crippen molar-refractivity contribution in [3.8, 4) is 0 Å². The van der Waals surface area contributed by atoms with Crippen LogP contribution >= 0.6 is 0 Å². The van der Waals surface area contributed by atoms with Crippen LogP contribution in [-0.4, -0.2) is 24.6 Å². The molecule has 0 aliphatic rings. The number of aromatic nitrogens is 4. The molecule has 2 heterocycles. The summed E-state index contributed by atoms with van der Waals surface area (Å²) in [6.45, 7) is 1.81. The van der Waals surface area contributed by atoms with Crippen LogP contribution in [0.15, 0.2) is 36.5 Å². The van der Waals surface area contributed by atoms with E-state index in [0.29, 0.717) is 17.9 Å². The molecule has 0 amide bonds. The van der Waals surface area contributed by atoms with Gasteiger partial charge in [0.15, 0.2) is 0 Å². The van der Waals surface area contributed by atoms with E-state index >= 15 is 0 Å². The summed E-state index contributed by atoms with van der Waals surface area (Å²) in [4.78, 5) is 12.9. The molecule has 0 radical (unpaired) electrons. The summed E-state index contributed by atoms with van der Waals surface area (Å²) in [6.07, 6.45) is 1.42. The van der Waals surface area contributed by atoms with Crippen LogP contribution in [-0.2, 0) is 13.5 Å². The maximum Gasteiger partial charge on any atom is 0.125 e. The van der Waals surface area contributed by atoms with E-state index in [1.807, 2.05) is 42.8 Å². The quantitative estimate of drug-likeness (QED) is 0.788. The molecular formula is C15H16N4O. The predicted octanol–water partition coefficient (Wildman–Crippen LogP) is 1.95. The normalized spacial score (nSPS) is 12.8. The molecule has 1 atom stereocenters. The Kier molecular flexibility index (Phi) is 3.20. The van der Waals surface area contributed by atoms with E-state index in [2.05, 4.69) is 15.0 Å². The molecule has 5 heteroatoms. The van der Waals surface area contributed by atoms with Gasteiger partial charge in [-0.3, -0.25) is 0 Å². The van der Waals surface area contributed by atoms with Crippen LogP contribution in [0.1, 0.15) is 23.4 Å². The van der Waals surface area contributed by atoms with E-state index < -0.39 is 6.10 Å². The summed E-state index contributed by atoms with van der Waals surface area (Å²) in [7, 11) is 1.96. The van der Waals surface area contributed by atoms with Gasteiger partial charge < -0.3 is 9.67 Å². The lowest BCUT2D eigenvalue weighted by Crippen LogP contribution is -2.09. The number of benzene rings is 1. The Morgan fingerprint density at radius 3 is 2.75 bits per heavy atom. The van der Waals surface area contributed by atoms with Gasteiger partial charge in [0, 0.05) is 19.7 Å². The average Bonchev–Trinajstić information content (AvgIpc) is 2.76. The van der Waals surface area contributed by atoms with Crippen LogP contribution in [0.25, 0.3) is 11.0 Å². The SMILES string of the molecule is Cc1nccc(C(O)Cc2nc3ccccc3n2C)n1. The number of aliphatic hydroxyl groups is 1. The molecule has 0 saturated carbocycles. The van der Waals surface area contributed by atoms with Gasteiger partial charge >= 0.3 is 0 Å². The smallest absolute Gasteiger partial charge is 0.125 e. The predicted molar refractivity (Wildman–Crippen MR) is 76.1 cm³/mol. The fourth-order valence-corrected chi connectivity index (χ4v) is 2.32. The minimum atomic E-state index is -0.674. The molecule has 1 N–H and O–H groups in total. The van der Waals surface area contributed by atoms with Crippen LogP contribution in [0, 0.1) is 6.92 Å². The Bertz CT molecular complexity index is 750. The third-order valence-electron chi connectivity index (χ3n) is 3.39. The monoisotopic (exact) mass is 268 g/mol. The number of nitrogens with zero attached hydrogens (tertiary/aromatic N) is 4. The second-order valence-electron chi connectivity index (χ2n) is 4.82. The lowest BCUT2D eigenvalue weighted by Gasteiger charge is -2.10. The van der Waals surface area contributed by atoms with Gasteiger partial charge in [-0.05, 0) is 25.1 Å². The Hall–Kier alpha value is -2.27. The molecular weight excluding hydrogens is 252 g/mol.